The molecule has 1 amide bonds. The van der Waals surface area contributed by atoms with Gasteiger partial charge in [-0.15, -0.1) is 0 Å². The lowest BCUT2D eigenvalue weighted by molar-refractivity contribution is -0.302. The lowest BCUT2D eigenvalue weighted by Gasteiger charge is -2.40. The Morgan fingerprint density at radius 1 is 0.391 bits per heavy atom. The maximum absolute atomic E-state index is 13.2. The molecule has 9 heteroatoms. The van der Waals surface area contributed by atoms with Gasteiger partial charge >= 0.3 is 0 Å². The van der Waals surface area contributed by atoms with Crippen molar-refractivity contribution in [2.75, 3.05) is 13.2 Å². The van der Waals surface area contributed by atoms with Crippen molar-refractivity contribution in [1.29, 1.82) is 0 Å². The molecule has 7 atom stereocenters. The number of carbonyl (C=O) groups is 1. The number of nitrogens with one attached hydrogen (secondary N) is 1. The number of aliphatic hydroxyl groups excluding tert-OH is 5. The van der Waals surface area contributed by atoms with Crippen LogP contribution < -0.4 is 5.32 Å². The highest BCUT2D eigenvalue weighted by atomic mass is 16.7. The molecule has 0 aliphatic carbocycles. The molecule has 0 aromatic heterocycles. The normalized spacial score (nSPS) is 18.0. The highest BCUT2D eigenvalue weighted by Gasteiger charge is 2.44. The number of allylic oxidation sites excluding steroid dienone is 4. The summed E-state index contributed by atoms with van der Waals surface area (Å²) in [5.74, 6) is -0.134. The molecule has 0 radical (unpaired) electrons. The van der Waals surface area contributed by atoms with Crippen molar-refractivity contribution in [2.24, 2.45) is 0 Å². The molecule has 0 saturated carbocycles. The quantitative estimate of drug-likeness (QED) is 0.0261. The van der Waals surface area contributed by atoms with Gasteiger partial charge in [0, 0.05) is 6.42 Å². The van der Waals surface area contributed by atoms with Crippen molar-refractivity contribution in [2.45, 2.75) is 455 Å². The van der Waals surface area contributed by atoms with E-state index in [9.17, 15) is 30.3 Å². The zero-order valence-corrected chi connectivity index (χ0v) is 58.1. The van der Waals surface area contributed by atoms with E-state index < -0.39 is 49.5 Å². The Bertz CT molecular complexity index is 1430. The van der Waals surface area contributed by atoms with E-state index in [0.29, 0.717) is 12.8 Å². The third kappa shape index (κ3) is 56.0. The maximum atomic E-state index is 13.2. The van der Waals surface area contributed by atoms with Crippen LogP contribution in [0.2, 0.25) is 0 Å². The predicted octanol–water partition coefficient (Wildman–Crippen LogP) is 22.0. The van der Waals surface area contributed by atoms with Crippen LogP contribution in [-0.4, -0.2) is 87.5 Å². The molecule has 0 aromatic rings. The predicted molar refractivity (Wildman–Crippen MR) is 374 cm³/mol. The second-order valence-electron chi connectivity index (χ2n) is 27.5. The molecule has 1 rings (SSSR count). The number of hydrogen-bond acceptors (Lipinski definition) is 8. The molecule has 1 heterocycles. The zero-order chi connectivity index (χ0) is 62.8. The van der Waals surface area contributed by atoms with Crippen LogP contribution in [-0.2, 0) is 14.3 Å². The molecule has 87 heavy (non-hydrogen) atoms. The lowest BCUT2D eigenvalue weighted by atomic mass is 9.99. The molecular formula is C78H151NO8. The van der Waals surface area contributed by atoms with Crippen LogP contribution in [0, 0.1) is 0 Å². The molecule has 0 bridgehead atoms. The van der Waals surface area contributed by atoms with Crippen LogP contribution >= 0.6 is 0 Å². The summed E-state index contributed by atoms with van der Waals surface area (Å²) >= 11 is 0. The van der Waals surface area contributed by atoms with Gasteiger partial charge in [-0.05, 0) is 44.9 Å². The van der Waals surface area contributed by atoms with Crippen LogP contribution in [0.25, 0.3) is 0 Å². The van der Waals surface area contributed by atoms with Crippen molar-refractivity contribution in [3.05, 3.63) is 24.3 Å². The molecule has 9 nitrogen and oxygen atoms in total. The molecule has 1 fully saturated rings. The van der Waals surface area contributed by atoms with E-state index >= 15 is 0 Å². The van der Waals surface area contributed by atoms with Gasteiger partial charge in [-0.25, -0.2) is 0 Å². The molecule has 6 N–H and O–H groups in total. The number of rotatable bonds is 70. The summed E-state index contributed by atoms with van der Waals surface area (Å²) in [7, 11) is 0. The number of unbranched alkanes of at least 4 members (excludes halogenated alkanes) is 56. The number of hydrogen-bond donors (Lipinski definition) is 6. The summed E-state index contributed by atoms with van der Waals surface area (Å²) in [6.45, 7) is 3.90. The molecule has 516 valence electrons. The van der Waals surface area contributed by atoms with E-state index in [1.807, 2.05) is 0 Å². The Kier molecular flexibility index (Phi) is 65.0. The number of amides is 1. The third-order valence-electron chi connectivity index (χ3n) is 19.1. The van der Waals surface area contributed by atoms with Gasteiger partial charge in [0.05, 0.1) is 25.4 Å². The summed E-state index contributed by atoms with van der Waals surface area (Å²) in [4.78, 5) is 13.2. The fourth-order valence-corrected chi connectivity index (χ4v) is 13.0. The molecular weight excluding hydrogens is 1080 g/mol. The number of ether oxygens (including phenoxy) is 2. The number of carbonyl (C=O) groups excluding carboxylic acids is 1. The summed E-state index contributed by atoms with van der Waals surface area (Å²) in [5, 5.41) is 55.1. The standard InChI is InChI=1S/C78H151NO8/c1-3-5-7-9-11-13-15-17-19-21-23-25-27-29-31-32-33-34-35-36-37-38-39-40-42-44-46-48-50-52-54-56-58-60-62-64-66-68-74(82)79-71(70-86-78-77(85)76(84)75(83)73(69-80)87-78)72(81)67-65-63-61-59-57-55-53-51-49-47-45-43-41-30-28-26-24-22-20-18-16-14-12-10-8-6-4-2/h15,17,21,23,71-73,75-78,80-81,83-85H,3-14,16,18-20,22,24-70H2,1-2H3,(H,79,82)/b17-15-,23-21-. The van der Waals surface area contributed by atoms with E-state index in [1.165, 1.54) is 340 Å². The summed E-state index contributed by atoms with van der Waals surface area (Å²) in [5.41, 5.74) is 0. The van der Waals surface area contributed by atoms with Crippen LogP contribution in [0.5, 0.6) is 0 Å². The van der Waals surface area contributed by atoms with Crippen LogP contribution in [0.15, 0.2) is 24.3 Å². The van der Waals surface area contributed by atoms with E-state index in [0.717, 1.165) is 44.9 Å². The van der Waals surface area contributed by atoms with Crippen molar-refractivity contribution >= 4 is 5.91 Å². The first kappa shape index (κ1) is 83.7. The fraction of sp³-hybridized carbons (Fsp3) is 0.936. The van der Waals surface area contributed by atoms with Crippen LogP contribution in [0.3, 0.4) is 0 Å². The first-order valence-corrected chi connectivity index (χ1v) is 39.0. The van der Waals surface area contributed by atoms with E-state index in [1.54, 1.807) is 0 Å². The summed E-state index contributed by atoms with van der Waals surface area (Å²) < 4.78 is 11.4. The average molecular weight is 1230 g/mol. The van der Waals surface area contributed by atoms with Gasteiger partial charge in [0.1, 0.15) is 24.4 Å². The lowest BCUT2D eigenvalue weighted by Crippen LogP contribution is -2.60. The Morgan fingerprint density at radius 3 is 0.989 bits per heavy atom. The molecule has 0 aromatic carbocycles. The first-order valence-electron chi connectivity index (χ1n) is 39.0. The average Bonchev–Trinajstić information content (AvgIpc) is 3.37. The Hall–Kier alpha value is -1.33. The van der Waals surface area contributed by atoms with Crippen molar-refractivity contribution in [1.82, 2.24) is 5.32 Å². The van der Waals surface area contributed by atoms with Gasteiger partial charge in [-0.1, -0.05) is 385 Å². The van der Waals surface area contributed by atoms with E-state index in [4.69, 9.17) is 9.47 Å². The minimum absolute atomic E-state index is 0.132. The van der Waals surface area contributed by atoms with Gasteiger partial charge in [0.15, 0.2) is 6.29 Å². The zero-order valence-electron chi connectivity index (χ0n) is 58.1. The SMILES string of the molecule is CCCCCCC/C=C\C/C=C\CCCCCCCCCCCCCCCCCCCCCCCCCCCC(=O)NC(COC1OC(CO)C(O)C(O)C1O)C(O)CCCCCCCCCCCCCCCCCCCCCCCCCCCCC. The van der Waals surface area contributed by atoms with E-state index in [-0.39, 0.29) is 12.5 Å². The maximum Gasteiger partial charge on any atom is 0.220 e. The molecule has 1 aliphatic heterocycles. The minimum Gasteiger partial charge on any atom is -0.394 e. The third-order valence-corrected chi connectivity index (χ3v) is 19.1. The molecule has 0 spiro atoms. The Morgan fingerprint density at radius 2 is 0.678 bits per heavy atom. The number of aliphatic hydroxyl groups is 5. The van der Waals surface area contributed by atoms with Crippen molar-refractivity contribution in [3.63, 3.8) is 0 Å². The molecule has 1 aliphatic rings. The van der Waals surface area contributed by atoms with Crippen LogP contribution in [0.4, 0.5) is 0 Å². The van der Waals surface area contributed by atoms with E-state index in [2.05, 4.69) is 43.5 Å². The van der Waals surface area contributed by atoms with Crippen molar-refractivity contribution < 1.29 is 39.8 Å². The fourth-order valence-electron chi connectivity index (χ4n) is 13.0. The highest BCUT2D eigenvalue weighted by molar-refractivity contribution is 5.76. The Balaban J connectivity index is 2.04. The molecule has 1 saturated heterocycles. The van der Waals surface area contributed by atoms with Crippen molar-refractivity contribution in [3.8, 4) is 0 Å². The smallest absolute Gasteiger partial charge is 0.220 e. The summed E-state index contributed by atoms with van der Waals surface area (Å²) in [6.07, 6.45) is 82.8. The minimum atomic E-state index is -1.55. The highest BCUT2D eigenvalue weighted by Crippen LogP contribution is 2.24. The van der Waals surface area contributed by atoms with Gasteiger partial charge in [-0.3, -0.25) is 4.79 Å². The second kappa shape index (κ2) is 67.6. The molecule has 7 unspecified atom stereocenters. The topological polar surface area (TPSA) is 149 Å². The van der Waals surface area contributed by atoms with Gasteiger partial charge in [-0.2, -0.15) is 0 Å². The summed E-state index contributed by atoms with van der Waals surface area (Å²) in [6, 6.07) is -0.718. The largest absolute Gasteiger partial charge is 0.394 e. The Labute approximate surface area is 540 Å². The monoisotopic (exact) mass is 1230 g/mol. The van der Waals surface area contributed by atoms with Gasteiger partial charge in [0.2, 0.25) is 5.91 Å². The van der Waals surface area contributed by atoms with Gasteiger partial charge in [0.25, 0.3) is 0 Å². The first-order chi connectivity index (χ1) is 42.8. The van der Waals surface area contributed by atoms with Gasteiger partial charge < -0.3 is 40.3 Å². The van der Waals surface area contributed by atoms with Crippen LogP contribution in [0.1, 0.15) is 412 Å². The second-order valence-corrected chi connectivity index (χ2v) is 27.5.